The van der Waals surface area contributed by atoms with Crippen LogP contribution in [-0.4, -0.2) is 35.7 Å². The Morgan fingerprint density at radius 2 is 1.95 bits per heavy atom. The summed E-state index contributed by atoms with van der Waals surface area (Å²) in [5.74, 6) is 0.0487. The van der Waals surface area contributed by atoms with Crippen LogP contribution in [0.15, 0.2) is 0 Å². The minimum atomic E-state index is -0.788. The van der Waals surface area contributed by atoms with E-state index in [1.165, 1.54) is 19.3 Å². The third kappa shape index (κ3) is 5.49. The Labute approximate surface area is 117 Å². The monoisotopic (exact) mass is 270 g/mol. The highest BCUT2D eigenvalue weighted by Gasteiger charge is 2.33. The zero-order valence-corrected chi connectivity index (χ0v) is 12.7. The van der Waals surface area contributed by atoms with Crippen molar-refractivity contribution in [2.24, 2.45) is 0 Å². The van der Waals surface area contributed by atoms with Crippen molar-refractivity contribution in [1.82, 2.24) is 10.6 Å². The fourth-order valence-electron chi connectivity index (χ4n) is 3.03. The maximum atomic E-state index is 12.1. The molecule has 0 aromatic carbocycles. The van der Waals surface area contributed by atoms with E-state index in [4.69, 9.17) is 0 Å². The zero-order chi connectivity index (χ0) is 14.4. The summed E-state index contributed by atoms with van der Waals surface area (Å²) in [6, 6.07) is 0. The summed E-state index contributed by atoms with van der Waals surface area (Å²) < 4.78 is 0. The van der Waals surface area contributed by atoms with E-state index in [9.17, 15) is 9.90 Å². The van der Waals surface area contributed by atoms with Crippen LogP contribution in [0.5, 0.6) is 0 Å². The predicted molar refractivity (Wildman–Crippen MR) is 78.0 cm³/mol. The lowest BCUT2D eigenvalue weighted by Gasteiger charge is -2.37. The van der Waals surface area contributed by atoms with Crippen molar-refractivity contribution in [3.05, 3.63) is 0 Å². The minimum absolute atomic E-state index is 0.0288. The molecule has 112 valence electrons. The summed E-state index contributed by atoms with van der Waals surface area (Å²) in [6.07, 6.45) is 7.96. The summed E-state index contributed by atoms with van der Waals surface area (Å²) >= 11 is 0. The smallest absolute Gasteiger partial charge is 0.221 e. The van der Waals surface area contributed by atoms with Gasteiger partial charge in [-0.25, -0.2) is 0 Å². The molecule has 0 aliphatic heterocycles. The first kappa shape index (κ1) is 16.4. The van der Waals surface area contributed by atoms with E-state index in [0.29, 0.717) is 19.4 Å². The Hall–Kier alpha value is -0.610. The highest BCUT2D eigenvalue weighted by Crippen LogP contribution is 2.30. The Kier molecular flexibility index (Phi) is 6.27. The molecule has 4 nitrogen and oxygen atoms in total. The number of carbonyl (C=O) groups excluding carboxylic acids is 1. The molecule has 1 aliphatic carbocycles. The average molecular weight is 270 g/mol. The van der Waals surface area contributed by atoms with Gasteiger partial charge in [0.2, 0.25) is 5.91 Å². The molecule has 0 aromatic rings. The van der Waals surface area contributed by atoms with Gasteiger partial charge in [0.05, 0.1) is 5.60 Å². The molecule has 0 spiro atoms. The van der Waals surface area contributed by atoms with Gasteiger partial charge >= 0.3 is 0 Å². The van der Waals surface area contributed by atoms with E-state index < -0.39 is 5.60 Å². The van der Waals surface area contributed by atoms with Crippen molar-refractivity contribution in [1.29, 1.82) is 0 Å². The summed E-state index contributed by atoms with van der Waals surface area (Å²) in [7, 11) is 1.95. The van der Waals surface area contributed by atoms with Gasteiger partial charge in [-0.05, 0) is 33.2 Å². The third-order valence-corrected chi connectivity index (χ3v) is 4.29. The molecule has 1 aliphatic rings. The molecular formula is C15H30N2O2. The molecule has 1 amide bonds. The maximum Gasteiger partial charge on any atom is 0.221 e. The second-order valence-corrected chi connectivity index (χ2v) is 6.29. The van der Waals surface area contributed by atoms with Crippen LogP contribution in [0, 0.1) is 0 Å². The lowest BCUT2D eigenvalue weighted by atomic mass is 9.79. The van der Waals surface area contributed by atoms with Crippen molar-refractivity contribution in [3.8, 4) is 0 Å². The van der Waals surface area contributed by atoms with Crippen LogP contribution in [0.4, 0.5) is 0 Å². The average Bonchev–Trinajstić information content (AvgIpc) is 2.38. The minimum Gasteiger partial charge on any atom is -0.388 e. The third-order valence-electron chi connectivity index (χ3n) is 4.29. The van der Waals surface area contributed by atoms with Crippen LogP contribution in [0.1, 0.15) is 65.2 Å². The number of nitrogens with one attached hydrogen (secondary N) is 2. The fourth-order valence-corrected chi connectivity index (χ4v) is 3.03. The number of carbonyl (C=O) groups is 1. The predicted octanol–water partition coefficient (Wildman–Crippen LogP) is 1.97. The van der Waals surface area contributed by atoms with Crippen molar-refractivity contribution in [3.63, 3.8) is 0 Å². The summed E-state index contributed by atoms with van der Waals surface area (Å²) in [5.41, 5.74) is -0.817. The summed E-state index contributed by atoms with van der Waals surface area (Å²) in [4.78, 5) is 12.1. The van der Waals surface area contributed by atoms with Gasteiger partial charge in [-0.2, -0.15) is 0 Å². The second kappa shape index (κ2) is 7.25. The van der Waals surface area contributed by atoms with Gasteiger partial charge in [-0.15, -0.1) is 0 Å². The molecule has 1 rings (SSSR count). The molecular weight excluding hydrogens is 240 g/mol. The van der Waals surface area contributed by atoms with Gasteiger partial charge in [0.1, 0.15) is 0 Å². The summed E-state index contributed by atoms with van der Waals surface area (Å²) in [5, 5.41) is 16.3. The van der Waals surface area contributed by atoms with Crippen LogP contribution in [0.2, 0.25) is 0 Å². The molecule has 0 saturated heterocycles. The number of rotatable bonds is 7. The molecule has 0 bridgehead atoms. The largest absolute Gasteiger partial charge is 0.388 e. The second-order valence-electron chi connectivity index (χ2n) is 6.29. The van der Waals surface area contributed by atoms with Crippen molar-refractivity contribution >= 4 is 5.91 Å². The van der Waals surface area contributed by atoms with Gasteiger partial charge in [0.15, 0.2) is 0 Å². The first-order chi connectivity index (χ1) is 8.93. The number of hydrogen-bond acceptors (Lipinski definition) is 3. The molecule has 0 aromatic heterocycles. The Bertz CT molecular complexity index is 284. The molecule has 1 fully saturated rings. The van der Waals surface area contributed by atoms with Crippen molar-refractivity contribution in [2.75, 3.05) is 13.6 Å². The molecule has 1 saturated carbocycles. The van der Waals surface area contributed by atoms with E-state index in [1.807, 2.05) is 14.0 Å². The van der Waals surface area contributed by atoms with Crippen LogP contribution in [0.25, 0.3) is 0 Å². The van der Waals surface area contributed by atoms with Gasteiger partial charge in [-0.3, -0.25) is 4.79 Å². The van der Waals surface area contributed by atoms with Crippen molar-refractivity contribution < 1.29 is 9.90 Å². The highest BCUT2D eigenvalue weighted by atomic mass is 16.3. The lowest BCUT2D eigenvalue weighted by Crippen LogP contribution is -2.49. The molecule has 4 heteroatoms. The van der Waals surface area contributed by atoms with E-state index in [1.54, 1.807) is 6.92 Å². The van der Waals surface area contributed by atoms with Gasteiger partial charge in [0.25, 0.3) is 0 Å². The topological polar surface area (TPSA) is 61.4 Å². The van der Waals surface area contributed by atoms with E-state index in [0.717, 1.165) is 19.3 Å². The number of aliphatic hydroxyl groups is 1. The SMILES string of the molecule is CCCC(C)(O)CNC(=O)CC1(NC)CCCCC1. The van der Waals surface area contributed by atoms with Crippen LogP contribution >= 0.6 is 0 Å². The van der Waals surface area contributed by atoms with E-state index >= 15 is 0 Å². The van der Waals surface area contributed by atoms with Gasteiger partial charge in [-0.1, -0.05) is 32.6 Å². The van der Waals surface area contributed by atoms with E-state index in [-0.39, 0.29) is 11.4 Å². The molecule has 0 heterocycles. The molecule has 1 atom stereocenters. The number of amides is 1. The molecule has 0 radical (unpaired) electrons. The molecule has 1 unspecified atom stereocenters. The van der Waals surface area contributed by atoms with Crippen LogP contribution in [0.3, 0.4) is 0 Å². The first-order valence-corrected chi connectivity index (χ1v) is 7.61. The Balaban J connectivity index is 2.41. The summed E-state index contributed by atoms with van der Waals surface area (Å²) in [6.45, 7) is 4.17. The van der Waals surface area contributed by atoms with E-state index in [2.05, 4.69) is 10.6 Å². The Morgan fingerprint density at radius 3 is 2.47 bits per heavy atom. The van der Waals surface area contributed by atoms with Crippen molar-refractivity contribution in [2.45, 2.75) is 76.4 Å². The Morgan fingerprint density at radius 1 is 1.32 bits per heavy atom. The molecule has 3 N–H and O–H groups in total. The van der Waals surface area contributed by atoms with Gasteiger partial charge < -0.3 is 15.7 Å². The number of hydrogen-bond donors (Lipinski definition) is 3. The normalized spacial score (nSPS) is 21.7. The lowest BCUT2D eigenvalue weighted by molar-refractivity contribution is -0.124. The standard InChI is InChI=1S/C15H30N2O2/c1-4-8-14(2,19)12-17-13(18)11-15(16-3)9-6-5-7-10-15/h16,19H,4-12H2,1-3H3,(H,17,18). The van der Waals surface area contributed by atoms with Crippen LogP contribution in [-0.2, 0) is 4.79 Å². The maximum absolute atomic E-state index is 12.1. The van der Waals surface area contributed by atoms with Gasteiger partial charge in [0, 0.05) is 18.5 Å². The quantitative estimate of drug-likeness (QED) is 0.663. The zero-order valence-electron chi connectivity index (χ0n) is 12.7. The fraction of sp³-hybridized carbons (Fsp3) is 0.933. The molecule has 19 heavy (non-hydrogen) atoms. The van der Waals surface area contributed by atoms with Crippen LogP contribution < -0.4 is 10.6 Å². The first-order valence-electron chi connectivity index (χ1n) is 7.61. The highest BCUT2D eigenvalue weighted by molar-refractivity contribution is 5.77.